The topological polar surface area (TPSA) is 240 Å². The Bertz CT molecular complexity index is 2010. The second-order valence-electron chi connectivity index (χ2n) is 10.1. The maximum atomic E-state index is 13.1. The lowest BCUT2D eigenvalue weighted by Gasteiger charge is -2.16. The van der Waals surface area contributed by atoms with Gasteiger partial charge in [-0.3, -0.25) is 9.59 Å². The SMILES string of the molecule is Cn1c(Cc2nc3ccc(C(N)=O)cc3[nH]2)nc2ccc(C(=O)N[C@@H](Cc3ccc(C(=O)O)c(OCC(=O)O)c3)C(=O)O)cc21. The van der Waals surface area contributed by atoms with Crippen molar-refractivity contribution in [1.82, 2.24) is 24.8 Å². The second kappa shape index (κ2) is 12.2. The summed E-state index contributed by atoms with van der Waals surface area (Å²) in [6, 6.07) is 12.0. The van der Waals surface area contributed by atoms with Gasteiger partial charge in [0.25, 0.3) is 5.91 Å². The number of aromatic nitrogens is 4. The number of aromatic amines is 1. The predicted octanol–water partition coefficient (Wildman–Crippen LogP) is 1.73. The molecule has 2 heterocycles. The predicted molar refractivity (Wildman–Crippen MR) is 157 cm³/mol. The number of imidazole rings is 2. The van der Waals surface area contributed by atoms with Crippen molar-refractivity contribution < 1.29 is 44.0 Å². The molecular formula is C30H26N6O9. The van der Waals surface area contributed by atoms with Crippen molar-refractivity contribution in [2.24, 2.45) is 12.8 Å². The number of amides is 2. The molecule has 1 atom stereocenters. The van der Waals surface area contributed by atoms with Crippen LogP contribution in [0.4, 0.5) is 0 Å². The van der Waals surface area contributed by atoms with E-state index in [0.717, 1.165) is 0 Å². The van der Waals surface area contributed by atoms with Crippen LogP contribution < -0.4 is 15.8 Å². The van der Waals surface area contributed by atoms with Crippen LogP contribution >= 0.6 is 0 Å². The van der Waals surface area contributed by atoms with Crippen LogP contribution in [0.15, 0.2) is 54.6 Å². The van der Waals surface area contributed by atoms with E-state index in [4.69, 9.17) is 15.6 Å². The minimum atomic E-state index is -1.40. The molecule has 0 fully saturated rings. The number of nitrogens with two attached hydrogens (primary N) is 1. The smallest absolute Gasteiger partial charge is 0.341 e. The summed E-state index contributed by atoms with van der Waals surface area (Å²) in [5.74, 6) is -4.24. The summed E-state index contributed by atoms with van der Waals surface area (Å²) >= 11 is 0. The lowest BCUT2D eigenvalue weighted by Crippen LogP contribution is -2.42. The fourth-order valence-electron chi connectivity index (χ4n) is 4.79. The van der Waals surface area contributed by atoms with E-state index in [0.29, 0.717) is 51.3 Å². The van der Waals surface area contributed by atoms with E-state index in [-0.39, 0.29) is 23.3 Å². The number of hydrogen-bond acceptors (Lipinski definition) is 8. The molecule has 0 bridgehead atoms. The number of hydrogen-bond donors (Lipinski definition) is 6. The Hall–Kier alpha value is -6.25. The Labute approximate surface area is 253 Å². The van der Waals surface area contributed by atoms with E-state index in [1.807, 2.05) is 0 Å². The van der Waals surface area contributed by atoms with Crippen LogP contribution in [-0.4, -0.2) is 77.2 Å². The number of nitrogens with zero attached hydrogens (tertiary/aromatic N) is 3. The lowest BCUT2D eigenvalue weighted by molar-refractivity contribution is -0.140. The number of carbonyl (C=O) groups is 5. The number of ether oxygens (including phenoxy) is 1. The number of primary amides is 1. The summed E-state index contributed by atoms with van der Waals surface area (Å²) in [6.45, 7) is -0.795. The summed E-state index contributed by atoms with van der Waals surface area (Å²) in [7, 11) is 1.77. The van der Waals surface area contributed by atoms with Gasteiger partial charge in [0.05, 0.1) is 28.5 Å². The Morgan fingerprint density at radius 2 is 1.69 bits per heavy atom. The minimum absolute atomic E-state index is 0.178. The van der Waals surface area contributed by atoms with Gasteiger partial charge in [0.2, 0.25) is 5.91 Å². The van der Waals surface area contributed by atoms with Crippen LogP contribution in [0.2, 0.25) is 0 Å². The highest BCUT2D eigenvalue weighted by atomic mass is 16.5. The minimum Gasteiger partial charge on any atom is -0.481 e. The van der Waals surface area contributed by atoms with Crippen molar-refractivity contribution >= 4 is 51.8 Å². The molecule has 0 aliphatic heterocycles. The number of nitrogens with one attached hydrogen (secondary N) is 2. The van der Waals surface area contributed by atoms with Crippen molar-refractivity contribution in [3.63, 3.8) is 0 Å². The average Bonchev–Trinajstić information content (AvgIpc) is 3.54. The molecule has 0 saturated carbocycles. The highest BCUT2D eigenvalue weighted by Gasteiger charge is 2.23. The number of aryl methyl sites for hydroxylation is 1. The summed E-state index contributed by atoms with van der Waals surface area (Å²) in [5, 5.41) is 30.5. The Morgan fingerprint density at radius 1 is 0.956 bits per heavy atom. The van der Waals surface area contributed by atoms with Crippen molar-refractivity contribution in [2.75, 3.05) is 6.61 Å². The third-order valence-electron chi connectivity index (χ3n) is 7.05. The van der Waals surface area contributed by atoms with Crippen molar-refractivity contribution in [3.8, 4) is 5.75 Å². The number of carboxylic acids is 3. The summed E-state index contributed by atoms with van der Waals surface area (Å²) in [5.41, 5.74) is 8.41. The zero-order valence-corrected chi connectivity index (χ0v) is 23.6. The van der Waals surface area contributed by atoms with Gasteiger partial charge in [-0.1, -0.05) is 6.07 Å². The molecular weight excluding hydrogens is 588 g/mol. The van der Waals surface area contributed by atoms with Gasteiger partial charge < -0.3 is 40.7 Å². The molecule has 2 amide bonds. The third kappa shape index (κ3) is 6.56. The molecule has 0 unspecified atom stereocenters. The van der Waals surface area contributed by atoms with Crippen molar-refractivity contribution in [2.45, 2.75) is 18.9 Å². The summed E-state index contributed by atoms with van der Waals surface area (Å²) in [4.78, 5) is 71.4. The number of fused-ring (bicyclic) bond motifs is 2. The molecule has 7 N–H and O–H groups in total. The lowest BCUT2D eigenvalue weighted by atomic mass is 10.0. The zero-order valence-electron chi connectivity index (χ0n) is 23.6. The number of carbonyl (C=O) groups excluding carboxylic acids is 2. The fourth-order valence-corrected chi connectivity index (χ4v) is 4.79. The van der Waals surface area contributed by atoms with Crippen LogP contribution in [0.25, 0.3) is 22.1 Å². The van der Waals surface area contributed by atoms with Gasteiger partial charge in [0, 0.05) is 24.6 Å². The standard InChI is InChI=1S/C30H26N6O9/c1-36-22-11-16(4-7-19(22)34-25(36)12-24-32-18-6-3-15(27(31)39)10-20(18)33-24)28(40)35-21(30(43)44)8-14-2-5-17(29(41)42)23(9-14)45-13-26(37)38/h2-7,9-11,21H,8,12-13H2,1H3,(H2,31,39)(H,32,33)(H,35,40)(H,37,38)(H,41,42)(H,43,44)/t21-/m0/s1. The van der Waals surface area contributed by atoms with Crippen molar-refractivity contribution in [3.05, 3.63) is 88.5 Å². The molecule has 15 heteroatoms. The molecule has 0 saturated heterocycles. The highest BCUT2D eigenvalue weighted by molar-refractivity contribution is 5.99. The van der Waals surface area contributed by atoms with Gasteiger partial charge in [0.1, 0.15) is 29.0 Å². The number of H-pyrrole nitrogens is 1. The van der Waals surface area contributed by atoms with Gasteiger partial charge in [-0.2, -0.15) is 0 Å². The van der Waals surface area contributed by atoms with Gasteiger partial charge in [-0.25, -0.2) is 24.4 Å². The summed E-state index contributed by atoms with van der Waals surface area (Å²) < 4.78 is 6.85. The van der Waals surface area contributed by atoms with Crippen molar-refractivity contribution in [1.29, 1.82) is 0 Å². The third-order valence-corrected chi connectivity index (χ3v) is 7.05. The Kier molecular flexibility index (Phi) is 8.17. The van der Waals surface area contributed by atoms with Crippen LogP contribution in [0, 0.1) is 0 Å². The normalized spacial score (nSPS) is 11.8. The Morgan fingerprint density at radius 3 is 2.38 bits per heavy atom. The van der Waals surface area contributed by atoms with Crippen LogP contribution in [0.1, 0.15) is 48.3 Å². The first-order valence-electron chi connectivity index (χ1n) is 13.4. The molecule has 230 valence electrons. The Balaban J connectivity index is 1.34. The summed E-state index contributed by atoms with van der Waals surface area (Å²) in [6.07, 6.45) is 0.0775. The number of aliphatic carboxylic acids is 2. The van der Waals surface area contributed by atoms with Gasteiger partial charge >= 0.3 is 17.9 Å². The highest BCUT2D eigenvalue weighted by Crippen LogP contribution is 2.23. The largest absolute Gasteiger partial charge is 0.481 e. The van der Waals surface area contributed by atoms with E-state index >= 15 is 0 Å². The maximum absolute atomic E-state index is 13.1. The number of benzene rings is 3. The van der Waals surface area contributed by atoms with E-state index in [9.17, 15) is 34.2 Å². The molecule has 45 heavy (non-hydrogen) atoms. The second-order valence-corrected chi connectivity index (χ2v) is 10.1. The number of carboxylic acid groups (broad SMARTS) is 3. The fraction of sp³-hybridized carbons (Fsp3) is 0.167. The van der Waals surface area contributed by atoms with E-state index in [1.165, 1.54) is 24.3 Å². The first-order chi connectivity index (χ1) is 21.4. The molecule has 0 aliphatic rings. The van der Waals surface area contributed by atoms with Gasteiger partial charge in [-0.05, 0) is 54.1 Å². The zero-order chi connectivity index (χ0) is 32.4. The molecule has 0 spiro atoms. The molecule has 5 rings (SSSR count). The molecule has 0 aliphatic carbocycles. The number of aromatic carboxylic acids is 1. The molecule has 15 nitrogen and oxygen atoms in total. The van der Waals surface area contributed by atoms with E-state index < -0.39 is 42.4 Å². The van der Waals surface area contributed by atoms with Gasteiger partial charge in [0.15, 0.2) is 6.61 Å². The van der Waals surface area contributed by atoms with E-state index in [2.05, 4.69) is 20.3 Å². The quantitative estimate of drug-likeness (QED) is 0.118. The first kappa shape index (κ1) is 30.2. The van der Waals surface area contributed by atoms with Crippen LogP contribution in [-0.2, 0) is 29.5 Å². The van der Waals surface area contributed by atoms with Gasteiger partial charge in [-0.15, -0.1) is 0 Å². The molecule has 2 aromatic heterocycles. The average molecular weight is 615 g/mol. The number of rotatable bonds is 12. The monoisotopic (exact) mass is 614 g/mol. The maximum Gasteiger partial charge on any atom is 0.341 e. The van der Waals surface area contributed by atoms with Crippen LogP contribution in [0.5, 0.6) is 5.75 Å². The molecule has 0 radical (unpaired) electrons. The van der Waals surface area contributed by atoms with Crippen LogP contribution in [0.3, 0.4) is 0 Å². The molecule has 5 aromatic rings. The first-order valence-corrected chi connectivity index (χ1v) is 13.4. The van der Waals surface area contributed by atoms with E-state index in [1.54, 1.807) is 41.9 Å². The molecule has 3 aromatic carbocycles.